The molecule has 0 bridgehead atoms. The Labute approximate surface area is 130 Å². The van der Waals surface area contributed by atoms with E-state index in [1.54, 1.807) is 25.1 Å². The first kappa shape index (κ1) is 17.5. The number of carbonyl (C=O) groups excluding carboxylic acids is 1. The van der Waals surface area contributed by atoms with Gasteiger partial charge in [0.1, 0.15) is 0 Å². The van der Waals surface area contributed by atoms with Gasteiger partial charge in [0, 0.05) is 17.0 Å². The number of rotatable bonds is 7. The number of nitrogens with zero attached hydrogens (tertiary/aromatic N) is 1. The quantitative estimate of drug-likeness (QED) is 0.760. The normalized spacial score (nSPS) is 14.8. The molecule has 0 spiro atoms. The Hall–Kier alpha value is -1.51. The van der Waals surface area contributed by atoms with Gasteiger partial charge < -0.3 is 10.4 Å². The Morgan fingerprint density at radius 1 is 1.57 bits per heavy atom. The molecule has 5 heteroatoms. The fourth-order valence-electron chi connectivity index (χ4n) is 1.82. The first-order valence-corrected chi connectivity index (χ1v) is 7.99. The topological polar surface area (TPSA) is 73.1 Å². The van der Waals surface area contributed by atoms with E-state index in [0.29, 0.717) is 11.3 Å². The molecule has 0 aliphatic carbocycles. The second-order valence-electron chi connectivity index (χ2n) is 5.32. The number of hydrogen-bond acceptors (Lipinski definition) is 4. The number of aliphatic hydroxyl groups is 1. The molecule has 4 nitrogen and oxygen atoms in total. The maximum atomic E-state index is 12.1. The molecule has 2 N–H and O–H groups in total. The van der Waals surface area contributed by atoms with Crippen LogP contribution in [-0.2, 0) is 0 Å². The van der Waals surface area contributed by atoms with Crippen LogP contribution in [-0.4, -0.2) is 28.9 Å². The summed E-state index contributed by atoms with van der Waals surface area (Å²) in [7, 11) is 0. The summed E-state index contributed by atoms with van der Waals surface area (Å²) in [4.78, 5) is 13.0. The Bertz CT molecular complexity index is 523. The molecule has 1 amide bonds. The molecule has 0 saturated carbocycles. The van der Waals surface area contributed by atoms with Crippen molar-refractivity contribution in [2.75, 3.05) is 12.3 Å². The molecule has 1 rings (SSSR count). The van der Waals surface area contributed by atoms with E-state index in [0.717, 1.165) is 11.3 Å². The molecule has 0 saturated heterocycles. The second-order valence-corrected chi connectivity index (χ2v) is 6.37. The van der Waals surface area contributed by atoms with Gasteiger partial charge in [-0.2, -0.15) is 5.26 Å². The predicted octanol–water partition coefficient (Wildman–Crippen LogP) is 2.83. The number of benzene rings is 1. The van der Waals surface area contributed by atoms with Crippen molar-refractivity contribution in [3.8, 4) is 6.07 Å². The summed E-state index contributed by atoms with van der Waals surface area (Å²) in [6.07, 6.45) is 0.850. The van der Waals surface area contributed by atoms with Crippen molar-refractivity contribution < 1.29 is 9.90 Å². The van der Waals surface area contributed by atoms with E-state index in [4.69, 9.17) is 5.26 Å². The van der Waals surface area contributed by atoms with Gasteiger partial charge in [-0.1, -0.05) is 26.3 Å². The zero-order valence-electron chi connectivity index (χ0n) is 12.7. The standard InChI is InChI=1S/C16H22N2O2S/c1-4-12(2)16(3,20)11-18-15(19)13-6-5-7-14(10-13)21-9-8-17/h5-7,10,12,20H,4,9,11H2,1-3H3,(H,18,19). The SMILES string of the molecule is CCC(C)C(C)(O)CNC(=O)c1cccc(SCC#N)c1. The lowest BCUT2D eigenvalue weighted by molar-refractivity contribution is 0.00592. The highest BCUT2D eigenvalue weighted by atomic mass is 32.2. The molecule has 0 heterocycles. The molecule has 0 aliphatic rings. The smallest absolute Gasteiger partial charge is 0.251 e. The molecule has 2 atom stereocenters. The van der Waals surface area contributed by atoms with Gasteiger partial charge in [0.2, 0.25) is 0 Å². The van der Waals surface area contributed by atoms with Crippen molar-refractivity contribution in [3.63, 3.8) is 0 Å². The van der Waals surface area contributed by atoms with E-state index in [2.05, 4.69) is 11.4 Å². The highest BCUT2D eigenvalue weighted by molar-refractivity contribution is 7.99. The van der Waals surface area contributed by atoms with E-state index in [9.17, 15) is 9.90 Å². The molecule has 21 heavy (non-hydrogen) atoms. The predicted molar refractivity (Wildman–Crippen MR) is 85.2 cm³/mol. The molecule has 0 radical (unpaired) electrons. The lowest BCUT2D eigenvalue weighted by atomic mass is 9.88. The Morgan fingerprint density at radius 3 is 2.90 bits per heavy atom. The van der Waals surface area contributed by atoms with E-state index in [1.165, 1.54) is 11.8 Å². The molecule has 0 aliphatic heterocycles. The molecule has 1 aromatic carbocycles. The lowest BCUT2D eigenvalue weighted by Gasteiger charge is -2.29. The van der Waals surface area contributed by atoms with Gasteiger partial charge in [0.25, 0.3) is 5.91 Å². The third-order valence-electron chi connectivity index (χ3n) is 3.68. The molecule has 2 unspecified atom stereocenters. The fourth-order valence-corrected chi connectivity index (χ4v) is 2.43. The Kier molecular flexibility index (Phi) is 6.73. The highest BCUT2D eigenvalue weighted by Crippen LogP contribution is 2.20. The monoisotopic (exact) mass is 306 g/mol. The van der Waals surface area contributed by atoms with Crippen LogP contribution in [0.15, 0.2) is 29.2 Å². The van der Waals surface area contributed by atoms with E-state index in [1.807, 2.05) is 19.9 Å². The van der Waals surface area contributed by atoms with Crippen molar-refractivity contribution in [2.45, 2.75) is 37.7 Å². The van der Waals surface area contributed by atoms with Crippen molar-refractivity contribution in [2.24, 2.45) is 5.92 Å². The Balaban J connectivity index is 2.66. The number of amides is 1. The molecule has 0 aromatic heterocycles. The van der Waals surface area contributed by atoms with Gasteiger partial charge in [0.05, 0.1) is 17.4 Å². The van der Waals surface area contributed by atoms with Crippen LogP contribution in [0.4, 0.5) is 0 Å². The molecule has 0 fully saturated rings. The van der Waals surface area contributed by atoms with Gasteiger partial charge >= 0.3 is 0 Å². The third-order valence-corrected chi connectivity index (χ3v) is 4.54. The summed E-state index contributed by atoms with van der Waals surface area (Å²) in [5.74, 6) is 0.252. The van der Waals surface area contributed by atoms with Crippen LogP contribution in [0, 0.1) is 17.2 Å². The van der Waals surface area contributed by atoms with Crippen molar-refractivity contribution >= 4 is 17.7 Å². The summed E-state index contributed by atoms with van der Waals surface area (Å²) in [6, 6.07) is 9.21. The van der Waals surface area contributed by atoms with Crippen molar-refractivity contribution in [1.29, 1.82) is 5.26 Å². The van der Waals surface area contributed by atoms with Crippen molar-refractivity contribution in [3.05, 3.63) is 29.8 Å². The summed E-state index contributed by atoms with van der Waals surface area (Å²) in [5.41, 5.74) is -0.379. The zero-order chi connectivity index (χ0) is 15.9. The summed E-state index contributed by atoms with van der Waals surface area (Å²) in [5, 5.41) is 21.6. The molecular weight excluding hydrogens is 284 g/mol. The number of nitrogens with one attached hydrogen (secondary N) is 1. The number of thioether (sulfide) groups is 1. The minimum atomic E-state index is -0.919. The summed E-state index contributed by atoms with van der Waals surface area (Å²) < 4.78 is 0. The first-order chi connectivity index (χ1) is 9.90. The van der Waals surface area contributed by atoms with Gasteiger partial charge in [-0.05, 0) is 31.0 Å². The lowest BCUT2D eigenvalue weighted by Crippen LogP contribution is -2.45. The van der Waals surface area contributed by atoms with Crippen LogP contribution in [0.3, 0.4) is 0 Å². The van der Waals surface area contributed by atoms with E-state index in [-0.39, 0.29) is 18.4 Å². The van der Waals surface area contributed by atoms with Crippen LogP contribution in [0.25, 0.3) is 0 Å². The van der Waals surface area contributed by atoms with Crippen LogP contribution >= 0.6 is 11.8 Å². The average Bonchev–Trinajstić information content (AvgIpc) is 2.50. The van der Waals surface area contributed by atoms with E-state index < -0.39 is 5.60 Å². The van der Waals surface area contributed by atoms with Crippen molar-refractivity contribution in [1.82, 2.24) is 5.32 Å². The van der Waals surface area contributed by atoms with Crippen LogP contribution in [0.1, 0.15) is 37.6 Å². The number of carbonyl (C=O) groups is 1. The minimum absolute atomic E-state index is 0.107. The molecule has 1 aromatic rings. The summed E-state index contributed by atoms with van der Waals surface area (Å²) >= 11 is 1.39. The number of hydrogen-bond donors (Lipinski definition) is 2. The molecular formula is C16H22N2O2S. The maximum Gasteiger partial charge on any atom is 0.251 e. The van der Waals surface area contributed by atoms with Gasteiger partial charge in [-0.15, -0.1) is 11.8 Å². The second kappa shape index (κ2) is 8.06. The zero-order valence-corrected chi connectivity index (χ0v) is 13.5. The Morgan fingerprint density at radius 2 is 2.29 bits per heavy atom. The average molecular weight is 306 g/mol. The molecule has 114 valence electrons. The van der Waals surface area contributed by atoms with Gasteiger partial charge in [-0.25, -0.2) is 0 Å². The third kappa shape index (κ3) is 5.41. The van der Waals surface area contributed by atoms with Crippen LogP contribution in [0.2, 0.25) is 0 Å². The first-order valence-electron chi connectivity index (χ1n) is 7.01. The van der Waals surface area contributed by atoms with Crippen LogP contribution in [0.5, 0.6) is 0 Å². The largest absolute Gasteiger partial charge is 0.388 e. The summed E-state index contributed by atoms with van der Waals surface area (Å²) in [6.45, 7) is 5.93. The highest BCUT2D eigenvalue weighted by Gasteiger charge is 2.27. The number of nitriles is 1. The fraction of sp³-hybridized carbons (Fsp3) is 0.500. The van der Waals surface area contributed by atoms with E-state index >= 15 is 0 Å². The van der Waals surface area contributed by atoms with Gasteiger partial charge in [-0.3, -0.25) is 4.79 Å². The van der Waals surface area contributed by atoms with Gasteiger partial charge in [0.15, 0.2) is 0 Å². The minimum Gasteiger partial charge on any atom is -0.388 e. The van der Waals surface area contributed by atoms with Crippen LogP contribution < -0.4 is 5.32 Å². The maximum absolute atomic E-state index is 12.1.